The number of amides is 1. The molecule has 0 unspecified atom stereocenters. The average Bonchev–Trinajstić information content (AvgIpc) is 3.22. The highest BCUT2D eigenvalue weighted by molar-refractivity contribution is 7.13. The van der Waals surface area contributed by atoms with E-state index in [4.69, 9.17) is 0 Å². The Hall–Kier alpha value is -2.14. The lowest BCUT2D eigenvalue weighted by Crippen LogP contribution is -2.25. The molecule has 4 rings (SSSR count). The van der Waals surface area contributed by atoms with Crippen LogP contribution in [0.25, 0.3) is 10.9 Å². The first-order valence-corrected chi connectivity index (χ1v) is 8.84. The molecule has 1 amide bonds. The number of carbonyl (C=O) groups excluding carboxylic acids is 1. The third-order valence-corrected chi connectivity index (χ3v) is 5.62. The van der Waals surface area contributed by atoms with Gasteiger partial charge in [0.15, 0.2) is 0 Å². The Morgan fingerprint density at radius 2 is 2.22 bits per heavy atom. The van der Waals surface area contributed by atoms with Crippen LogP contribution in [0.2, 0.25) is 0 Å². The Labute approximate surface area is 138 Å². The molecule has 4 nitrogen and oxygen atoms in total. The zero-order valence-corrected chi connectivity index (χ0v) is 13.9. The Morgan fingerprint density at radius 1 is 1.39 bits per heavy atom. The molecule has 1 aromatic carbocycles. The Bertz CT molecular complexity index is 860. The van der Waals surface area contributed by atoms with Gasteiger partial charge >= 0.3 is 0 Å². The van der Waals surface area contributed by atoms with Crippen molar-refractivity contribution in [2.75, 3.05) is 6.54 Å². The van der Waals surface area contributed by atoms with Crippen molar-refractivity contribution in [3.8, 4) is 0 Å². The van der Waals surface area contributed by atoms with E-state index in [1.807, 2.05) is 25.3 Å². The second-order valence-electron chi connectivity index (χ2n) is 6.11. The number of hydrogen-bond acceptors (Lipinski definition) is 3. The van der Waals surface area contributed by atoms with Gasteiger partial charge in [0.25, 0.3) is 5.91 Å². The topological polar surface area (TPSA) is 57.8 Å². The predicted octanol–water partition coefficient (Wildman–Crippen LogP) is 3.78. The zero-order valence-electron chi connectivity index (χ0n) is 13.1. The largest absolute Gasteiger partial charge is 0.361 e. The summed E-state index contributed by atoms with van der Waals surface area (Å²) in [7, 11) is 0. The molecule has 0 atom stereocenters. The SMILES string of the molecule is Cc1nc(C2CC2)sc1C(=O)NCCc1c[nH]c2ccccc12. The van der Waals surface area contributed by atoms with Gasteiger partial charge in [-0.2, -0.15) is 0 Å². The summed E-state index contributed by atoms with van der Waals surface area (Å²) in [5.41, 5.74) is 3.24. The number of benzene rings is 1. The highest BCUT2D eigenvalue weighted by Crippen LogP contribution is 2.42. The molecule has 1 fully saturated rings. The van der Waals surface area contributed by atoms with Crippen molar-refractivity contribution in [1.82, 2.24) is 15.3 Å². The molecule has 118 valence electrons. The van der Waals surface area contributed by atoms with Gasteiger partial charge in [-0.05, 0) is 37.8 Å². The van der Waals surface area contributed by atoms with Crippen LogP contribution in [0, 0.1) is 6.92 Å². The van der Waals surface area contributed by atoms with E-state index in [-0.39, 0.29) is 5.91 Å². The van der Waals surface area contributed by atoms with Crippen LogP contribution in [-0.2, 0) is 6.42 Å². The molecule has 23 heavy (non-hydrogen) atoms. The van der Waals surface area contributed by atoms with Gasteiger partial charge in [-0.1, -0.05) is 18.2 Å². The summed E-state index contributed by atoms with van der Waals surface area (Å²) in [6.07, 6.45) is 5.28. The quantitative estimate of drug-likeness (QED) is 0.750. The molecule has 2 aromatic heterocycles. The Kier molecular flexibility index (Phi) is 3.65. The minimum absolute atomic E-state index is 0.00624. The molecule has 0 bridgehead atoms. The van der Waals surface area contributed by atoms with Crippen molar-refractivity contribution in [2.45, 2.75) is 32.1 Å². The van der Waals surface area contributed by atoms with Crippen molar-refractivity contribution in [3.63, 3.8) is 0 Å². The van der Waals surface area contributed by atoms with Crippen LogP contribution < -0.4 is 5.32 Å². The van der Waals surface area contributed by atoms with E-state index in [1.54, 1.807) is 11.3 Å². The first kappa shape index (κ1) is 14.5. The van der Waals surface area contributed by atoms with Gasteiger partial charge < -0.3 is 10.3 Å². The number of rotatable bonds is 5. The molecule has 0 saturated heterocycles. The van der Waals surface area contributed by atoms with E-state index in [9.17, 15) is 4.79 Å². The van der Waals surface area contributed by atoms with E-state index in [2.05, 4.69) is 27.4 Å². The smallest absolute Gasteiger partial charge is 0.263 e. The molecule has 1 aliphatic carbocycles. The number of nitrogens with zero attached hydrogens (tertiary/aromatic N) is 1. The third kappa shape index (κ3) is 2.88. The second kappa shape index (κ2) is 5.81. The van der Waals surface area contributed by atoms with Crippen molar-refractivity contribution in [3.05, 3.63) is 51.6 Å². The molecule has 2 N–H and O–H groups in total. The molecule has 3 aromatic rings. The monoisotopic (exact) mass is 325 g/mol. The fourth-order valence-electron chi connectivity index (χ4n) is 2.86. The summed E-state index contributed by atoms with van der Waals surface area (Å²) in [5.74, 6) is 0.609. The number of hydrogen-bond donors (Lipinski definition) is 2. The summed E-state index contributed by atoms with van der Waals surface area (Å²) < 4.78 is 0. The highest BCUT2D eigenvalue weighted by atomic mass is 32.1. The summed E-state index contributed by atoms with van der Waals surface area (Å²) in [6, 6.07) is 8.24. The van der Waals surface area contributed by atoms with Crippen molar-refractivity contribution < 1.29 is 4.79 Å². The number of nitrogens with one attached hydrogen (secondary N) is 2. The number of para-hydroxylation sites is 1. The third-order valence-electron chi connectivity index (χ3n) is 4.30. The standard InChI is InChI=1S/C18H19N3OS/c1-11-16(23-18(21-11)12-6-7-12)17(22)19-9-8-13-10-20-15-5-3-2-4-14(13)15/h2-5,10,12,20H,6-9H2,1H3,(H,19,22). The summed E-state index contributed by atoms with van der Waals surface area (Å²) >= 11 is 1.56. The normalized spacial score (nSPS) is 14.3. The minimum Gasteiger partial charge on any atom is -0.361 e. The van der Waals surface area contributed by atoms with Crippen LogP contribution in [0.5, 0.6) is 0 Å². The lowest BCUT2D eigenvalue weighted by molar-refractivity contribution is 0.0957. The van der Waals surface area contributed by atoms with Gasteiger partial charge in [0.05, 0.1) is 10.7 Å². The van der Waals surface area contributed by atoms with Crippen LogP contribution in [0.3, 0.4) is 0 Å². The zero-order chi connectivity index (χ0) is 15.8. The number of aryl methyl sites for hydroxylation is 1. The van der Waals surface area contributed by atoms with Gasteiger partial charge in [-0.25, -0.2) is 4.98 Å². The van der Waals surface area contributed by atoms with E-state index in [1.165, 1.54) is 23.8 Å². The van der Waals surface area contributed by atoms with Crippen molar-refractivity contribution in [1.29, 1.82) is 0 Å². The maximum Gasteiger partial charge on any atom is 0.263 e. The van der Waals surface area contributed by atoms with Crippen molar-refractivity contribution >= 4 is 28.1 Å². The molecule has 1 aliphatic rings. The molecule has 1 saturated carbocycles. The second-order valence-corrected chi connectivity index (χ2v) is 7.14. The maximum absolute atomic E-state index is 12.4. The van der Waals surface area contributed by atoms with Crippen LogP contribution in [0.4, 0.5) is 0 Å². The lowest BCUT2D eigenvalue weighted by Gasteiger charge is -2.03. The van der Waals surface area contributed by atoms with Gasteiger partial charge in [0.2, 0.25) is 0 Å². The summed E-state index contributed by atoms with van der Waals surface area (Å²) in [6.45, 7) is 2.56. The molecule has 0 radical (unpaired) electrons. The Balaban J connectivity index is 1.40. The molecule has 0 aliphatic heterocycles. The van der Waals surface area contributed by atoms with Crippen LogP contribution in [0.1, 0.15) is 44.7 Å². The molecular weight excluding hydrogens is 306 g/mol. The van der Waals surface area contributed by atoms with Gasteiger partial charge in [-0.15, -0.1) is 11.3 Å². The molecule has 2 heterocycles. The van der Waals surface area contributed by atoms with Gasteiger partial charge in [0.1, 0.15) is 4.88 Å². The average molecular weight is 325 g/mol. The minimum atomic E-state index is 0.00624. The van der Waals surface area contributed by atoms with Crippen LogP contribution >= 0.6 is 11.3 Å². The summed E-state index contributed by atoms with van der Waals surface area (Å²) in [5, 5.41) is 5.39. The van der Waals surface area contributed by atoms with E-state index in [0.29, 0.717) is 12.5 Å². The fraction of sp³-hybridized carbons (Fsp3) is 0.333. The van der Waals surface area contributed by atoms with Gasteiger partial charge in [0, 0.05) is 29.6 Å². The van der Waals surface area contributed by atoms with Crippen LogP contribution in [0.15, 0.2) is 30.5 Å². The lowest BCUT2D eigenvalue weighted by atomic mass is 10.1. The number of fused-ring (bicyclic) bond motifs is 1. The molecule has 0 spiro atoms. The number of aromatic nitrogens is 2. The van der Waals surface area contributed by atoms with Gasteiger partial charge in [-0.3, -0.25) is 4.79 Å². The summed E-state index contributed by atoms with van der Waals surface area (Å²) in [4.78, 5) is 20.9. The number of H-pyrrole nitrogens is 1. The fourth-order valence-corrected chi connectivity index (χ4v) is 4.01. The highest BCUT2D eigenvalue weighted by Gasteiger charge is 2.28. The van der Waals surface area contributed by atoms with Crippen LogP contribution in [-0.4, -0.2) is 22.4 Å². The predicted molar refractivity (Wildman–Crippen MR) is 93.2 cm³/mol. The number of aromatic amines is 1. The van der Waals surface area contributed by atoms with Crippen molar-refractivity contribution in [2.24, 2.45) is 0 Å². The molecular formula is C18H19N3OS. The van der Waals surface area contributed by atoms with E-state index >= 15 is 0 Å². The van der Waals surface area contributed by atoms with E-state index in [0.717, 1.165) is 27.5 Å². The van der Waals surface area contributed by atoms with E-state index < -0.39 is 0 Å². The first-order valence-electron chi connectivity index (χ1n) is 8.03. The number of carbonyl (C=O) groups is 1. The molecule has 5 heteroatoms. The number of thiazole rings is 1. The first-order chi connectivity index (χ1) is 11.2. The Morgan fingerprint density at radius 3 is 3.04 bits per heavy atom. The maximum atomic E-state index is 12.4.